The first-order valence-corrected chi connectivity index (χ1v) is 12.2. The summed E-state index contributed by atoms with van der Waals surface area (Å²) in [6.07, 6.45) is -0.496. The van der Waals surface area contributed by atoms with Crippen molar-refractivity contribution in [2.24, 2.45) is 0 Å². The summed E-state index contributed by atoms with van der Waals surface area (Å²) in [5.41, 5.74) is 0. The van der Waals surface area contributed by atoms with Crippen LogP contribution < -0.4 is 0 Å². The van der Waals surface area contributed by atoms with Crippen LogP contribution in [0.25, 0.3) is 0 Å². The van der Waals surface area contributed by atoms with Gasteiger partial charge in [0.2, 0.25) is 0 Å². The molecule has 0 saturated heterocycles. The van der Waals surface area contributed by atoms with Crippen molar-refractivity contribution >= 4 is 26.2 Å². The number of ether oxygens (including phenoxy) is 1. The van der Waals surface area contributed by atoms with Gasteiger partial charge in [0, 0.05) is 6.42 Å². The van der Waals surface area contributed by atoms with Crippen LogP contribution in [0.2, 0.25) is 0 Å². The van der Waals surface area contributed by atoms with Crippen molar-refractivity contribution in [1.82, 2.24) is 0 Å². The van der Waals surface area contributed by atoms with Crippen LogP contribution in [-0.2, 0) is 38.1 Å². The van der Waals surface area contributed by atoms with Crippen LogP contribution in [0.1, 0.15) is 26.2 Å². The van der Waals surface area contributed by atoms with Crippen molar-refractivity contribution in [3.63, 3.8) is 0 Å². The second-order valence-electron chi connectivity index (χ2n) is 6.25. The van der Waals surface area contributed by atoms with Crippen LogP contribution in [0.4, 0.5) is 0 Å². The van der Waals surface area contributed by atoms with Gasteiger partial charge in [0.25, 0.3) is 20.2 Å². The van der Waals surface area contributed by atoms with Crippen LogP contribution in [0.15, 0.2) is 70.5 Å². The first-order valence-electron chi connectivity index (χ1n) is 9.35. The minimum Gasteiger partial charge on any atom is -0.464 e. The molecule has 0 amide bonds. The lowest BCUT2D eigenvalue weighted by atomic mass is 10.3. The lowest BCUT2D eigenvalue weighted by molar-refractivity contribution is -0.152. The molecule has 1 unspecified atom stereocenters. The van der Waals surface area contributed by atoms with Crippen molar-refractivity contribution in [3.8, 4) is 0 Å². The fourth-order valence-electron chi connectivity index (χ4n) is 2.33. The van der Waals surface area contributed by atoms with Gasteiger partial charge in [-0.1, -0.05) is 49.7 Å². The molecule has 30 heavy (non-hydrogen) atoms. The minimum absolute atomic E-state index is 0.0510. The van der Waals surface area contributed by atoms with Gasteiger partial charge < -0.3 is 4.74 Å². The molecule has 0 aliphatic heterocycles. The maximum atomic E-state index is 12.5. The third-order valence-corrected chi connectivity index (χ3v) is 6.59. The number of benzene rings is 2. The molecule has 0 radical (unpaired) electrons. The lowest BCUT2D eigenvalue weighted by Crippen LogP contribution is -2.31. The van der Waals surface area contributed by atoms with Crippen molar-refractivity contribution in [3.05, 3.63) is 60.7 Å². The van der Waals surface area contributed by atoms with E-state index in [0.717, 1.165) is 6.42 Å². The number of esters is 1. The van der Waals surface area contributed by atoms with E-state index in [1.165, 1.54) is 36.4 Å². The zero-order chi connectivity index (χ0) is 22.0. The van der Waals surface area contributed by atoms with Crippen molar-refractivity contribution in [2.75, 3.05) is 13.2 Å². The molecule has 0 aliphatic rings. The van der Waals surface area contributed by atoms with E-state index >= 15 is 0 Å². The fraction of sp³-hybridized carbons (Fsp3) is 0.350. The quantitative estimate of drug-likeness (QED) is 0.272. The fourth-order valence-corrected chi connectivity index (χ4v) is 4.36. The van der Waals surface area contributed by atoms with E-state index in [0.29, 0.717) is 6.42 Å². The molecule has 10 heteroatoms. The number of hydrogen-bond donors (Lipinski definition) is 0. The van der Waals surface area contributed by atoms with E-state index in [9.17, 15) is 21.6 Å². The van der Waals surface area contributed by atoms with E-state index in [1.54, 1.807) is 24.3 Å². The van der Waals surface area contributed by atoms with E-state index in [-0.39, 0.29) is 22.8 Å². The zero-order valence-corrected chi connectivity index (χ0v) is 18.1. The monoisotopic (exact) mass is 456 g/mol. The molecule has 2 aromatic carbocycles. The predicted octanol–water partition coefficient (Wildman–Crippen LogP) is 2.90. The zero-order valence-electron chi connectivity index (χ0n) is 16.5. The Labute approximate surface area is 177 Å². The van der Waals surface area contributed by atoms with E-state index in [4.69, 9.17) is 13.1 Å². The van der Waals surface area contributed by atoms with Crippen LogP contribution in [-0.4, -0.2) is 42.1 Å². The molecule has 0 aromatic heterocycles. The molecule has 8 nitrogen and oxygen atoms in total. The van der Waals surface area contributed by atoms with Gasteiger partial charge >= 0.3 is 5.97 Å². The highest BCUT2D eigenvalue weighted by Crippen LogP contribution is 2.18. The average Bonchev–Trinajstić information content (AvgIpc) is 2.74. The standard InChI is InChI=1S/C20H24O8S2/c1-2-3-15-26-20(21)19(28-30(24,25)18-12-8-5-9-13-18)14-16-27-29(22,23)17-10-6-4-7-11-17/h4-13,19H,2-3,14-16H2,1H3. The summed E-state index contributed by atoms with van der Waals surface area (Å²) in [5.74, 6) is -0.899. The lowest BCUT2D eigenvalue weighted by Gasteiger charge is -2.17. The van der Waals surface area contributed by atoms with Crippen LogP contribution in [0.3, 0.4) is 0 Å². The molecule has 164 valence electrons. The molecular weight excluding hydrogens is 432 g/mol. The summed E-state index contributed by atoms with van der Waals surface area (Å²) < 4.78 is 64.4. The normalized spacial score (nSPS) is 13.0. The SMILES string of the molecule is CCCCOC(=O)C(CCOS(=O)(=O)c1ccccc1)OS(=O)(=O)c1ccccc1. The Kier molecular flexibility index (Phi) is 8.97. The number of unbranched alkanes of at least 4 members (excludes halogenated alkanes) is 1. The van der Waals surface area contributed by atoms with Gasteiger partial charge in [-0.25, -0.2) is 4.79 Å². The van der Waals surface area contributed by atoms with Gasteiger partial charge in [-0.15, -0.1) is 0 Å². The molecule has 0 heterocycles. The van der Waals surface area contributed by atoms with Crippen molar-refractivity contribution < 1.29 is 34.7 Å². The van der Waals surface area contributed by atoms with Gasteiger partial charge in [-0.3, -0.25) is 8.37 Å². The first-order chi connectivity index (χ1) is 14.3. The van der Waals surface area contributed by atoms with Crippen LogP contribution >= 0.6 is 0 Å². The summed E-state index contributed by atoms with van der Waals surface area (Å²) in [4.78, 5) is 12.2. The molecule has 0 bridgehead atoms. The maximum absolute atomic E-state index is 12.5. The molecule has 2 rings (SSSR count). The highest BCUT2D eigenvalue weighted by Gasteiger charge is 2.29. The van der Waals surface area contributed by atoms with Crippen molar-refractivity contribution in [2.45, 2.75) is 42.1 Å². The third-order valence-electron chi connectivity index (χ3n) is 3.93. The molecule has 0 N–H and O–H groups in total. The molecule has 0 aliphatic carbocycles. The van der Waals surface area contributed by atoms with Gasteiger partial charge in [0.05, 0.1) is 23.0 Å². The second-order valence-corrected chi connectivity index (χ2v) is 9.44. The molecular formula is C20H24O8S2. The summed E-state index contributed by atoms with van der Waals surface area (Å²) in [6.45, 7) is 1.54. The number of rotatable bonds is 12. The van der Waals surface area contributed by atoms with E-state index < -0.39 is 38.9 Å². The van der Waals surface area contributed by atoms with Gasteiger partial charge in [0.15, 0.2) is 6.10 Å². The summed E-state index contributed by atoms with van der Waals surface area (Å²) >= 11 is 0. The largest absolute Gasteiger partial charge is 0.464 e. The Morgan fingerprint density at radius 1 is 0.833 bits per heavy atom. The molecule has 1 atom stereocenters. The Balaban J connectivity index is 2.09. The first kappa shape index (κ1) is 24.0. The van der Waals surface area contributed by atoms with Gasteiger partial charge in [-0.05, 0) is 30.7 Å². The highest BCUT2D eigenvalue weighted by molar-refractivity contribution is 7.87. The number of hydrogen-bond acceptors (Lipinski definition) is 8. The average molecular weight is 457 g/mol. The Morgan fingerprint density at radius 3 is 1.90 bits per heavy atom. The van der Waals surface area contributed by atoms with Crippen molar-refractivity contribution in [1.29, 1.82) is 0 Å². The van der Waals surface area contributed by atoms with E-state index in [1.807, 2.05) is 6.92 Å². The summed E-state index contributed by atoms with van der Waals surface area (Å²) in [5, 5.41) is 0. The predicted molar refractivity (Wildman–Crippen MR) is 109 cm³/mol. The number of carbonyl (C=O) groups is 1. The highest BCUT2D eigenvalue weighted by atomic mass is 32.2. The summed E-state index contributed by atoms with van der Waals surface area (Å²) in [6, 6.07) is 14.8. The Hall–Kier alpha value is -2.27. The molecule has 2 aromatic rings. The Morgan fingerprint density at radius 2 is 1.37 bits per heavy atom. The molecule has 0 saturated carbocycles. The van der Waals surface area contributed by atoms with Crippen LogP contribution in [0, 0.1) is 0 Å². The topological polar surface area (TPSA) is 113 Å². The van der Waals surface area contributed by atoms with Crippen LogP contribution in [0.5, 0.6) is 0 Å². The number of carbonyl (C=O) groups excluding carboxylic acids is 1. The van der Waals surface area contributed by atoms with E-state index in [2.05, 4.69) is 0 Å². The maximum Gasteiger partial charge on any atom is 0.336 e. The summed E-state index contributed by atoms with van der Waals surface area (Å²) in [7, 11) is -8.31. The third kappa shape index (κ3) is 7.21. The smallest absolute Gasteiger partial charge is 0.336 e. The second kappa shape index (κ2) is 11.2. The Bertz CT molecular complexity index is 1000. The van der Waals surface area contributed by atoms with Gasteiger partial charge in [0.1, 0.15) is 0 Å². The molecule has 0 spiro atoms. The minimum atomic E-state index is -4.26. The molecule has 0 fully saturated rings. The van der Waals surface area contributed by atoms with Gasteiger partial charge in [-0.2, -0.15) is 16.8 Å².